The second-order valence-electron chi connectivity index (χ2n) is 7.66. The van der Waals surface area contributed by atoms with Crippen LogP contribution in [-0.2, 0) is 17.8 Å². The molecule has 1 amide bonds. The number of carbonyl (C=O) groups excluding carboxylic acids is 1. The zero-order valence-electron chi connectivity index (χ0n) is 17.1. The van der Waals surface area contributed by atoms with Crippen LogP contribution in [0.1, 0.15) is 18.2 Å². The predicted octanol–water partition coefficient (Wildman–Crippen LogP) is 3.91. The van der Waals surface area contributed by atoms with Crippen LogP contribution in [0.4, 0.5) is 5.69 Å². The number of thiophene rings is 1. The summed E-state index contributed by atoms with van der Waals surface area (Å²) in [6, 6.07) is 15.0. The molecule has 0 unspecified atom stereocenters. The molecular formula is C23H20N4O3S. The average Bonchev–Trinajstić information content (AvgIpc) is 3.48. The Morgan fingerprint density at radius 1 is 1.23 bits per heavy atom. The first-order chi connectivity index (χ1) is 15.0. The fourth-order valence-electron chi connectivity index (χ4n) is 4.03. The van der Waals surface area contributed by atoms with Gasteiger partial charge in [0.15, 0.2) is 5.76 Å². The van der Waals surface area contributed by atoms with Gasteiger partial charge in [-0.15, -0.1) is 11.3 Å². The van der Waals surface area contributed by atoms with Gasteiger partial charge >= 0.3 is 0 Å². The van der Waals surface area contributed by atoms with Crippen molar-refractivity contribution in [1.82, 2.24) is 14.9 Å². The minimum absolute atomic E-state index is 0.0359. The predicted molar refractivity (Wildman–Crippen MR) is 119 cm³/mol. The lowest BCUT2D eigenvalue weighted by Crippen LogP contribution is -2.40. The summed E-state index contributed by atoms with van der Waals surface area (Å²) in [5.74, 6) is 0.318. The number of anilines is 1. The van der Waals surface area contributed by atoms with Gasteiger partial charge in [0.05, 0.1) is 16.1 Å². The second kappa shape index (κ2) is 7.63. The molecule has 0 saturated carbocycles. The van der Waals surface area contributed by atoms with E-state index in [9.17, 15) is 9.59 Å². The van der Waals surface area contributed by atoms with Crippen molar-refractivity contribution < 1.29 is 9.32 Å². The Labute approximate surface area is 182 Å². The Bertz CT molecular complexity index is 1320. The molecule has 0 bridgehead atoms. The number of amides is 1. The lowest BCUT2D eigenvalue weighted by Gasteiger charge is -2.23. The Morgan fingerprint density at radius 2 is 2.06 bits per heavy atom. The maximum Gasteiger partial charge on any atom is 0.268 e. The molecule has 0 fully saturated rings. The number of hydrogen-bond acceptors (Lipinski definition) is 6. The summed E-state index contributed by atoms with van der Waals surface area (Å²) in [5.41, 5.74) is 3.55. The van der Waals surface area contributed by atoms with Gasteiger partial charge in [0, 0.05) is 23.9 Å². The van der Waals surface area contributed by atoms with Gasteiger partial charge < -0.3 is 9.42 Å². The molecule has 5 rings (SSSR count). The normalized spacial score (nSPS) is 15.3. The third-order valence-electron chi connectivity index (χ3n) is 5.41. The van der Waals surface area contributed by atoms with Gasteiger partial charge in [-0.05, 0) is 43.3 Å². The standard InChI is InChI=1S/C23H20N4O3S/c1-14-10-19(30-25-14)17-12-21(28)26(24-23(17)20-8-5-9-31-20)13-22(29)27-15(2)11-16-6-3-4-7-18(16)27/h3-10,12,15H,11,13H2,1-2H3/t15-/m0/s1. The maximum atomic E-state index is 13.2. The third-order valence-corrected chi connectivity index (χ3v) is 6.28. The monoisotopic (exact) mass is 432 g/mol. The van der Waals surface area contributed by atoms with Crippen molar-refractivity contribution in [2.24, 2.45) is 0 Å². The lowest BCUT2D eigenvalue weighted by atomic mass is 10.1. The van der Waals surface area contributed by atoms with E-state index in [4.69, 9.17) is 4.52 Å². The number of aromatic nitrogens is 3. The molecular weight excluding hydrogens is 412 g/mol. The molecule has 0 N–H and O–H groups in total. The molecule has 1 aromatic carbocycles. The van der Waals surface area contributed by atoms with Crippen LogP contribution in [0.3, 0.4) is 0 Å². The second-order valence-corrected chi connectivity index (χ2v) is 8.61. The highest BCUT2D eigenvalue weighted by Crippen LogP contribution is 2.33. The number of aryl methyl sites for hydroxylation is 1. The summed E-state index contributed by atoms with van der Waals surface area (Å²) in [5, 5.41) is 10.4. The molecule has 31 heavy (non-hydrogen) atoms. The maximum absolute atomic E-state index is 13.2. The largest absolute Gasteiger partial charge is 0.356 e. The zero-order valence-corrected chi connectivity index (χ0v) is 17.9. The number of nitrogens with zero attached hydrogens (tertiary/aromatic N) is 4. The molecule has 1 aliphatic rings. The SMILES string of the molecule is Cc1cc(-c2cc(=O)n(CC(=O)N3c4ccccc4C[C@@H]3C)nc2-c2cccs2)on1. The summed E-state index contributed by atoms with van der Waals surface area (Å²) >= 11 is 1.51. The van der Waals surface area contributed by atoms with Crippen molar-refractivity contribution in [2.75, 3.05) is 4.90 Å². The van der Waals surface area contributed by atoms with Crippen molar-refractivity contribution in [3.05, 3.63) is 75.5 Å². The van der Waals surface area contributed by atoms with Gasteiger partial charge in [0.25, 0.3) is 5.56 Å². The fraction of sp³-hybridized carbons (Fsp3) is 0.217. The quantitative estimate of drug-likeness (QED) is 0.488. The Hall–Kier alpha value is -3.52. The van der Waals surface area contributed by atoms with E-state index in [-0.39, 0.29) is 24.1 Å². The topological polar surface area (TPSA) is 81.2 Å². The summed E-state index contributed by atoms with van der Waals surface area (Å²) in [4.78, 5) is 28.7. The molecule has 7 nitrogen and oxygen atoms in total. The summed E-state index contributed by atoms with van der Waals surface area (Å²) < 4.78 is 6.62. The molecule has 1 atom stereocenters. The van der Waals surface area contributed by atoms with Crippen LogP contribution in [0, 0.1) is 6.92 Å². The number of benzene rings is 1. The van der Waals surface area contributed by atoms with Gasteiger partial charge in [0.2, 0.25) is 5.91 Å². The molecule has 3 aromatic heterocycles. The van der Waals surface area contributed by atoms with Gasteiger partial charge in [-0.25, -0.2) is 4.68 Å². The minimum atomic E-state index is -0.363. The zero-order chi connectivity index (χ0) is 21.5. The van der Waals surface area contributed by atoms with Crippen LogP contribution >= 0.6 is 11.3 Å². The van der Waals surface area contributed by atoms with E-state index in [0.717, 1.165) is 22.5 Å². The van der Waals surface area contributed by atoms with Crippen LogP contribution in [0.25, 0.3) is 21.9 Å². The lowest BCUT2D eigenvalue weighted by molar-refractivity contribution is -0.119. The van der Waals surface area contributed by atoms with Crippen molar-refractivity contribution in [3.63, 3.8) is 0 Å². The molecule has 0 saturated heterocycles. The Balaban J connectivity index is 1.54. The molecule has 1 aliphatic heterocycles. The van der Waals surface area contributed by atoms with E-state index in [1.807, 2.05) is 55.6 Å². The highest BCUT2D eigenvalue weighted by atomic mass is 32.1. The van der Waals surface area contributed by atoms with E-state index in [2.05, 4.69) is 10.3 Å². The van der Waals surface area contributed by atoms with Crippen molar-refractivity contribution in [2.45, 2.75) is 32.9 Å². The van der Waals surface area contributed by atoms with Crippen molar-refractivity contribution in [1.29, 1.82) is 0 Å². The third kappa shape index (κ3) is 3.48. The van der Waals surface area contributed by atoms with E-state index in [0.29, 0.717) is 22.7 Å². The molecule has 0 aliphatic carbocycles. The van der Waals surface area contributed by atoms with Gasteiger partial charge in [-0.2, -0.15) is 5.10 Å². The first-order valence-electron chi connectivity index (χ1n) is 10.0. The Morgan fingerprint density at radius 3 is 2.81 bits per heavy atom. The fourth-order valence-corrected chi connectivity index (χ4v) is 4.75. The van der Waals surface area contributed by atoms with E-state index in [1.165, 1.54) is 22.1 Å². The number of para-hydroxylation sites is 1. The van der Waals surface area contributed by atoms with Crippen LogP contribution in [-0.4, -0.2) is 26.9 Å². The van der Waals surface area contributed by atoms with Gasteiger partial charge in [0.1, 0.15) is 12.2 Å². The molecule has 0 spiro atoms. The first kappa shape index (κ1) is 19.4. The Kier molecular flexibility index (Phi) is 4.78. The summed E-state index contributed by atoms with van der Waals surface area (Å²) in [7, 11) is 0. The molecule has 4 heterocycles. The number of carbonyl (C=O) groups is 1. The summed E-state index contributed by atoms with van der Waals surface area (Å²) in [6.45, 7) is 3.70. The smallest absolute Gasteiger partial charge is 0.268 e. The average molecular weight is 433 g/mol. The van der Waals surface area contributed by atoms with Crippen molar-refractivity contribution >= 4 is 22.9 Å². The van der Waals surface area contributed by atoms with Gasteiger partial charge in [-0.3, -0.25) is 9.59 Å². The molecule has 0 radical (unpaired) electrons. The van der Waals surface area contributed by atoms with Crippen LogP contribution in [0.15, 0.2) is 63.2 Å². The van der Waals surface area contributed by atoms with E-state index in [1.54, 1.807) is 11.0 Å². The minimum Gasteiger partial charge on any atom is -0.356 e. The highest BCUT2D eigenvalue weighted by molar-refractivity contribution is 7.13. The molecule has 4 aromatic rings. The van der Waals surface area contributed by atoms with Crippen LogP contribution < -0.4 is 10.5 Å². The van der Waals surface area contributed by atoms with Crippen LogP contribution in [0.2, 0.25) is 0 Å². The molecule has 156 valence electrons. The number of rotatable bonds is 4. The molecule has 8 heteroatoms. The van der Waals surface area contributed by atoms with E-state index >= 15 is 0 Å². The van der Waals surface area contributed by atoms with E-state index < -0.39 is 0 Å². The first-order valence-corrected chi connectivity index (χ1v) is 10.9. The van der Waals surface area contributed by atoms with Crippen molar-refractivity contribution in [3.8, 4) is 21.9 Å². The van der Waals surface area contributed by atoms with Gasteiger partial charge in [-0.1, -0.05) is 29.4 Å². The summed E-state index contributed by atoms with van der Waals surface area (Å²) in [6.07, 6.45) is 0.800. The van der Waals surface area contributed by atoms with Crippen LogP contribution in [0.5, 0.6) is 0 Å². The highest BCUT2D eigenvalue weighted by Gasteiger charge is 2.31. The number of fused-ring (bicyclic) bond motifs is 1. The number of hydrogen-bond donors (Lipinski definition) is 0.